The quantitative estimate of drug-likeness (QED) is 0.433. The highest BCUT2D eigenvalue weighted by atomic mass is 32.2. The van der Waals surface area contributed by atoms with Gasteiger partial charge in [0.25, 0.3) is 0 Å². The fraction of sp³-hybridized carbons (Fsp3) is 0.643. The molecule has 2 rings (SSSR count). The minimum absolute atomic E-state index is 0.0911. The maximum atomic E-state index is 12.3. The van der Waals surface area contributed by atoms with Crippen LogP contribution in [0.4, 0.5) is 4.79 Å². The zero-order chi connectivity index (χ0) is 17.0. The van der Waals surface area contributed by atoms with Crippen LogP contribution in [0.3, 0.4) is 0 Å². The Morgan fingerprint density at radius 2 is 2.22 bits per heavy atom. The number of aliphatic carboxylic acids is 1. The van der Waals surface area contributed by atoms with Crippen molar-refractivity contribution >= 4 is 29.7 Å². The third kappa shape index (κ3) is 3.78. The number of β-lactam (4-membered cyclic amide) rings is 1. The molecule has 2 heterocycles. The van der Waals surface area contributed by atoms with Crippen LogP contribution in [-0.4, -0.2) is 58.3 Å². The predicted molar refractivity (Wildman–Crippen MR) is 84.6 cm³/mol. The third-order valence-electron chi connectivity index (χ3n) is 3.78. The molecule has 0 spiro atoms. The minimum Gasteiger partial charge on any atom is -0.477 e. The average Bonchev–Trinajstić information content (AvgIpc) is 2.51. The minimum atomic E-state index is -1.20. The second-order valence-corrected chi connectivity index (χ2v) is 6.52. The molecule has 0 aromatic carbocycles. The number of carboxylic acids is 1. The van der Waals surface area contributed by atoms with Crippen LogP contribution in [0, 0.1) is 0 Å². The van der Waals surface area contributed by atoms with Gasteiger partial charge in [-0.25, -0.2) is 9.59 Å². The molecule has 0 aromatic rings. The van der Waals surface area contributed by atoms with E-state index in [4.69, 9.17) is 5.73 Å². The molecule has 9 heteroatoms. The van der Waals surface area contributed by atoms with Crippen LogP contribution in [0.25, 0.3) is 0 Å². The highest BCUT2D eigenvalue weighted by Gasteiger charge is 2.53. The van der Waals surface area contributed by atoms with Crippen molar-refractivity contribution in [3.05, 3.63) is 11.3 Å². The molecular formula is C14H21N3O5S. The lowest BCUT2D eigenvalue weighted by molar-refractivity contribution is -0.149. The van der Waals surface area contributed by atoms with Crippen molar-refractivity contribution < 1.29 is 24.2 Å². The monoisotopic (exact) mass is 343 g/mol. The van der Waals surface area contributed by atoms with E-state index in [2.05, 4.69) is 17.0 Å². The Labute approximate surface area is 138 Å². The van der Waals surface area contributed by atoms with Crippen molar-refractivity contribution in [1.29, 1.82) is 0 Å². The Bertz CT molecular complexity index is 537. The molecule has 2 atom stereocenters. The van der Waals surface area contributed by atoms with Crippen LogP contribution in [-0.2, 0) is 14.3 Å². The van der Waals surface area contributed by atoms with E-state index in [0.29, 0.717) is 11.3 Å². The van der Waals surface area contributed by atoms with E-state index in [0.717, 1.165) is 25.8 Å². The first-order chi connectivity index (χ1) is 11.0. The highest BCUT2D eigenvalue weighted by molar-refractivity contribution is 8.00. The lowest BCUT2D eigenvalue weighted by Gasteiger charge is -2.49. The van der Waals surface area contributed by atoms with Crippen LogP contribution >= 0.6 is 11.8 Å². The summed E-state index contributed by atoms with van der Waals surface area (Å²) in [7, 11) is 0. The van der Waals surface area contributed by atoms with Crippen LogP contribution in [0.15, 0.2) is 11.3 Å². The number of unbranched alkanes of at least 4 members (excludes halogenated alkanes) is 2. The number of thioether (sulfide) groups is 1. The van der Waals surface area contributed by atoms with Crippen LogP contribution in [0.1, 0.15) is 26.2 Å². The van der Waals surface area contributed by atoms with E-state index >= 15 is 0 Å². The van der Waals surface area contributed by atoms with Crippen molar-refractivity contribution in [3.8, 4) is 0 Å². The molecule has 0 unspecified atom stereocenters. The molecular weight excluding hydrogens is 322 g/mol. The molecule has 1 saturated heterocycles. The Balaban J connectivity index is 2.04. The molecule has 0 bridgehead atoms. The van der Waals surface area contributed by atoms with Gasteiger partial charge >= 0.3 is 12.1 Å². The van der Waals surface area contributed by atoms with Gasteiger partial charge in [-0.05, 0) is 13.0 Å². The molecule has 128 valence electrons. The smallest absolute Gasteiger partial charge is 0.404 e. The summed E-state index contributed by atoms with van der Waals surface area (Å²) in [5, 5.41) is 12.4. The van der Waals surface area contributed by atoms with Crippen LogP contribution < -0.4 is 11.1 Å². The zero-order valence-corrected chi connectivity index (χ0v) is 13.7. The zero-order valence-electron chi connectivity index (χ0n) is 12.9. The van der Waals surface area contributed by atoms with Gasteiger partial charge in [-0.15, -0.1) is 11.8 Å². The molecule has 0 aliphatic carbocycles. The number of carboxylic acid groups (broad SMARTS) is 1. The van der Waals surface area contributed by atoms with Gasteiger partial charge < -0.3 is 20.9 Å². The second-order valence-electron chi connectivity index (χ2n) is 5.41. The van der Waals surface area contributed by atoms with Gasteiger partial charge in [0.2, 0.25) is 5.91 Å². The van der Waals surface area contributed by atoms with Crippen molar-refractivity contribution in [2.75, 3.05) is 18.9 Å². The van der Waals surface area contributed by atoms with Gasteiger partial charge in [-0.1, -0.05) is 19.8 Å². The number of nitrogens with two attached hydrogens (primary N) is 1. The van der Waals surface area contributed by atoms with E-state index in [1.807, 2.05) is 0 Å². The molecule has 2 amide bonds. The summed E-state index contributed by atoms with van der Waals surface area (Å²) in [5.41, 5.74) is 5.20. The van der Waals surface area contributed by atoms with Gasteiger partial charge in [-0.2, -0.15) is 0 Å². The molecule has 0 aromatic heterocycles. The Morgan fingerprint density at radius 1 is 1.48 bits per heavy atom. The van der Waals surface area contributed by atoms with Gasteiger partial charge in [0.15, 0.2) is 0 Å². The van der Waals surface area contributed by atoms with Crippen LogP contribution in [0.5, 0.6) is 0 Å². The summed E-state index contributed by atoms with van der Waals surface area (Å²) in [5.74, 6) is -1.07. The van der Waals surface area contributed by atoms with Crippen molar-refractivity contribution in [2.24, 2.45) is 5.73 Å². The summed E-state index contributed by atoms with van der Waals surface area (Å²) in [6.07, 6.45) is 2.20. The maximum Gasteiger partial charge on any atom is 0.404 e. The fourth-order valence-electron chi connectivity index (χ4n) is 2.64. The number of fused-ring (bicyclic) bond motifs is 1. The highest BCUT2D eigenvalue weighted by Crippen LogP contribution is 2.40. The summed E-state index contributed by atoms with van der Waals surface area (Å²) in [6.45, 7) is 2.63. The molecule has 0 radical (unpaired) electrons. The standard InChI is InChI=1S/C14H21N3O5S/c1-2-3-4-5-16-9-11(18)17-10(13(19)20)8(6-22-14(15)21)7-23-12(9)17/h9,12,16H,2-7H2,1H3,(H2,15,21)(H,19,20)/t9-,12-/m1/s1. The predicted octanol–water partition coefficient (Wildman–Crippen LogP) is 0.484. The number of carbonyl (C=O) groups is 3. The first-order valence-electron chi connectivity index (χ1n) is 7.53. The molecule has 0 saturated carbocycles. The number of carbonyl (C=O) groups excluding carboxylic acids is 2. The van der Waals surface area contributed by atoms with E-state index in [1.165, 1.54) is 16.7 Å². The molecule has 8 nitrogen and oxygen atoms in total. The van der Waals surface area contributed by atoms with Crippen molar-refractivity contribution in [2.45, 2.75) is 37.6 Å². The van der Waals surface area contributed by atoms with E-state index in [1.54, 1.807) is 0 Å². The number of hydrogen-bond acceptors (Lipinski definition) is 6. The third-order valence-corrected chi connectivity index (χ3v) is 5.12. The summed E-state index contributed by atoms with van der Waals surface area (Å²) >= 11 is 1.46. The van der Waals surface area contributed by atoms with Crippen LogP contribution in [0.2, 0.25) is 0 Å². The number of primary amides is 1. The van der Waals surface area contributed by atoms with E-state index in [-0.39, 0.29) is 29.6 Å². The first-order valence-corrected chi connectivity index (χ1v) is 8.57. The van der Waals surface area contributed by atoms with Crippen molar-refractivity contribution in [3.63, 3.8) is 0 Å². The SMILES string of the molecule is CCCCCN[C@@H]1C(=O)N2C(C(=O)O)=C(COC(N)=O)CS[C@H]12. The molecule has 1 fully saturated rings. The lowest BCUT2D eigenvalue weighted by atomic mass is 10.0. The number of ether oxygens (including phenoxy) is 1. The van der Waals surface area contributed by atoms with Gasteiger partial charge in [-0.3, -0.25) is 9.69 Å². The number of hydrogen-bond donors (Lipinski definition) is 3. The molecule has 4 N–H and O–H groups in total. The summed E-state index contributed by atoms with van der Waals surface area (Å²) < 4.78 is 4.67. The molecule has 2 aliphatic heterocycles. The van der Waals surface area contributed by atoms with Gasteiger partial charge in [0.05, 0.1) is 0 Å². The number of nitrogens with zero attached hydrogens (tertiary/aromatic N) is 1. The summed E-state index contributed by atoms with van der Waals surface area (Å²) in [4.78, 5) is 35.7. The topological polar surface area (TPSA) is 122 Å². The maximum absolute atomic E-state index is 12.3. The van der Waals surface area contributed by atoms with E-state index < -0.39 is 12.1 Å². The summed E-state index contributed by atoms with van der Waals surface area (Å²) in [6, 6.07) is -0.357. The largest absolute Gasteiger partial charge is 0.477 e. The number of rotatable bonds is 8. The number of amides is 2. The normalized spacial score (nSPS) is 23.3. The lowest BCUT2D eigenvalue weighted by Crippen LogP contribution is -2.70. The number of nitrogens with one attached hydrogen (secondary N) is 1. The Hall–Kier alpha value is -1.74. The second kappa shape index (κ2) is 7.69. The van der Waals surface area contributed by atoms with Gasteiger partial charge in [0, 0.05) is 11.3 Å². The molecule has 2 aliphatic rings. The Morgan fingerprint density at radius 3 is 2.83 bits per heavy atom. The average molecular weight is 343 g/mol. The van der Waals surface area contributed by atoms with E-state index in [9.17, 15) is 19.5 Å². The Kier molecular flexibility index (Phi) is 5.89. The van der Waals surface area contributed by atoms with Gasteiger partial charge in [0.1, 0.15) is 23.7 Å². The fourth-order valence-corrected chi connectivity index (χ4v) is 4.00. The van der Waals surface area contributed by atoms with Crippen molar-refractivity contribution in [1.82, 2.24) is 10.2 Å². The first kappa shape index (κ1) is 17.6. The molecule has 23 heavy (non-hydrogen) atoms.